The number of nitrogens with one attached hydrogen (secondary N) is 1. The average molecular weight is 99.1 g/mol. The summed E-state index contributed by atoms with van der Waals surface area (Å²) in [5.41, 5.74) is 0. The molecule has 0 aromatic rings. The van der Waals surface area contributed by atoms with E-state index in [0.29, 0.717) is 6.54 Å². The van der Waals surface area contributed by atoms with Gasteiger partial charge in [0.25, 0.3) is 0 Å². The fourth-order valence-electron chi connectivity index (χ4n) is 0.234. The first-order chi connectivity index (χ1) is 3.41. The van der Waals surface area contributed by atoms with Gasteiger partial charge in [-0.3, -0.25) is 0 Å². The minimum Gasteiger partial charge on any atom is -0.384 e. The summed E-state index contributed by atoms with van der Waals surface area (Å²) in [7, 11) is 0. The largest absolute Gasteiger partial charge is 0.384 e. The highest BCUT2D eigenvalue weighted by molar-refractivity contribution is 5.52. The lowest BCUT2D eigenvalue weighted by Crippen LogP contribution is -2.06. The van der Waals surface area contributed by atoms with E-state index in [4.69, 9.17) is 0 Å². The summed E-state index contributed by atoms with van der Waals surface area (Å²) in [5, 5.41) is 2.74. The van der Waals surface area contributed by atoms with Crippen LogP contribution in [0.2, 0.25) is 0 Å². The Kier molecular flexibility index (Phi) is 4.62. The number of carbonyl (C=O) groups is 1. The van der Waals surface area contributed by atoms with Gasteiger partial charge in [-0.1, -0.05) is 6.08 Å². The van der Waals surface area contributed by atoms with Gasteiger partial charge >= 0.3 is 0 Å². The van der Waals surface area contributed by atoms with Gasteiger partial charge in [0.15, 0.2) is 0 Å². The third-order valence-electron chi connectivity index (χ3n) is 0.486. The Morgan fingerprint density at radius 2 is 2.43 bits per heavy atom. The second kappa shape index (κ2) is 5.21. The van der Waals surface area contributed by atoms with Crippen LogP contribution in [0.1, 0.15) is 6.92 Å². The fraction of sp³-hybridized carbons (Fsp3) is 0.400. The van der Waals surface area contributed by atoms with E-state index in [0.717, 1.165) is 6.29 Å². The zero-order valence-corrected chi connectivity index (χ0v) is 4.35. The molecule has 0 aromatic carbocycles. The van der Waals surface area contributed by atoms with Crippen molar-refractivity contribution in [2.45, 2.75) is 6.92 Å². The van der Waals surface area contributed by atoms with E-state index in [-0.39, 0.29) is 0 Å². The molecule has 0 radical (unpaired) electrons. The molecule has 0 amide bonds. The summed E-state index contributed by atoms with van der Waals surface area (Å²) < 4.78 is 0. The van der Waals surface area contributed by atoms with Gasteiger partial charge in [0.1, 0.15) is 6.29 Å². The lowest BCUT2D eigenvalue weighted by atomic mass is 10.6. The van der Waals surface area contributed by atoms with Crippen LogP contribution < -0.4 is 5.32 Å². The molecule has 0 aliphatic carbocycles. The highest BCUT2D eigenvalue weighted by Gasteiger charge is 1.67. The average Bonchev–Trinajstić information content (AvgIpc) is 1.69. The molecule has 0 atom stereocenters. The molecule has 0 aliphatic rings. The predicted octanol–water partition coefficient (Wildman–Crippen LogP) is 0.309. The molecule has 0 aromatic heterocycles. The van der Waals surface area contributed by atoms with E-state index in [9.17, 15) is 4.79 Å². The molecule has 0 heterocycles. The first-order valence-electron chi connectivity index (χ1n) is 2.20. The molecule has 1 N–H and O–H groups in total. The molecule has 0 saturated heterocycles. The number of carbonyl (C=O) groups excluding carboxylic acids is 1. The SMILES string of the molecule is C/C=C/NCC=O. The third-order valence-corrected chi connectivity index (χ3v) is 0.486. The van der Waals surface area contributed by atoms with Crippen LogP contribution in [0.25, 0.3) is 0 Å². The Hall–Kier alpha value is -0.790. The van der Waals surface area contributed by atoms with Crippen LogP contribution in [-0.4, -0.2) is 12.8 Å². The van der Waals surface area contributed by atoms with E-state index in [1.54, 1.807) is 6.20 Å². The molecule has 0 unspecified atom stereocenters. The van der Waals surface area contributed by atoms with Crippen molar-refractivity contribution >= 4 is 6.29 Å². The highest BCUT2D eigenvalue weighted by Crippen LogP contribution is 1.57. The topological polar surface area (TPSA) is 29.1 Å². The third kappa shape index (κ3) is 5.21. The minimum absolute atomic E-state index is 0.407. The Balaban J connectivity index is 2.82. The minimum atomic E-state index is 0.407. The predicted molar refractivity (Wildman–Crippen MR) is 28.9 cm³/mol. The molecule has 0 bridgehead atoms. The van der Waals surface area contributed by atoms with Gasteiger partial charge in [0.05, 0.1) is 6.54 Å². The zero-order chi connectivity index (χ0) is 5.54. The number of allylic oxidation sites excluding steroid dienone is 1. The van der Waals surface area contributed by atoms with E-state index < -0.39 is 0 Å². The number of aldehydes is 1. The van der Waals surface area contributed by atoms with Crippen LogP contribution in [0.5, 0.6) is 0 Å². The summed E-state index contributed by atoms with van der Waals surface area (Å²) in [6.45, 7) is 2.29. The summed E-state index contributed by atoms with van der Waals surface area (Å²) in [4.78, 5) is 9.58. The molecular weight excluding hydrogens is 90.1 g/mol. The Morgan fingerprint density at radius 3 is 2.86 bits per heavy atom. The van der Waals surface area contributed by atoms with E-state index in [2.05, 4.69) is 5.32 Å². The van der Waals surface area contributed by atoms with Crippen molar-refractivity contribution in [3.05, 3.63) is 12.3 Å². The van der Waals surface area contributed by atoms with Crippen molar-refractivity contribution in [3.8, 4) is 0 Å². The summed E-state index contributed by atoms with van der Waals surface area (Å²) in [6, 6.07) is 0. The lowest BCUT2D eigenvalue weighted by molar-refractivity contribution is -0.107. The van der Waals surface area contributed by atoms with Gasteiger partial charge in [-0.15, -0.1) is 0 Å². The molecule has 0 spiro atoms. The first-order valence-corrected chi connectivity index (χ1v) is 2.20. The smallest absolute Gasteiger partial charge is 0.139 e. The molecule has 2 nitrogen and oxygen atoms in total. The Bertz CT molecular complexity index is 68.5. The molecular formula is C5H9NO. The number of hydrogen-bond acceptors (Lipinski definition) is 2. The van der Waals surface area contributed by atoms with Gasteiger partial charge in [0, 0.05) is 0 Å². The molecule has 2 heteroatoms. The lowest BCUT2D eigenvalue weighted by Gasteiger charge is -1.85. The maximum Gasteiger partial charge on any atom is 0.139 e. The normalized spacial score (nSPS) is 9.29. The van der Waals surface area contributed by atoms with Gasteiger partial charge < -0.3 is 10.1 Å². The molecule has 40 valence electrons. The van der Waals surface area contributed by atoms with E-state index in [1.165, 1.54) is 0 Å². The van der Waals surface area contributed by atoms with Gasteiger partial charge in [-0.25, -0.2) is 0 Å². The molecule has 0 rings (SSSR count). The van der Waals surface area contributed by atoms with Crippen LogP contribution in [0, 0.1) is 0 Å². The Labute approximate surface area is 43.2 Å². The van der Waals surface area contributed by atoms with Crippen molar-refractivity contribution in [1.82, 2.24) is 5.32 Å². The van der Waals surface area contributed by atoms with Crippen LogP contribution in [0.15, 0.2) is 12.3 Å². The standard InChI is InChI=1S/C5H9NO/c1-2-3-6-4-5-7/h2-3,5-6H,4H2,1H3/b3-2+. The maximum atomic E-state index is 9.58. The molecule has 7 heavy (non-hydrogen) atoms. The van der Waals surface area contributed by atoms with E-state index >= 15 is 0 Å². The number of hydrogen-bond donors (Lipinski definition) is 1. The van der Waals surface area contributed by atoms with Crippen LogP contribution >= 0.6 is 0 Å². The van der Waals surface area contributed by atoms with Crippen molar-refractivity contribution < 1.29 is 4.79 Å². The highest BCUT2D eigenvalue weighted by atomic mass is 16.1. The maximum absolute atomic E-state index is 9.58. The first kappa shape index (κ1) is 6.21. The van der Waals surface area contributed by atoms with Crippen LogP contribution in [0.3, 0.4) is 0 Å². The molecule has 0 aliphatic heterocycles. The molecule has 0 saturated carbocycles. The quantitative estimate of drug-likeness (QED) is 0.407. The summed E-state index contributed by atoms with van der Waals surface area (Å²) >= 11 is 0. The van der Waals surface area contributed by atoms with Gasteiger partial charge in [-0.05, 0) is 13.1 Å². The van der Waals surface area contributed by atoms with E-state index in [1.807, 2.05) is 13.0 Å². The summed E-state index contributed by atoms with van der Waals surface area (Å²) in [5.74, 6) is 0. The Morgan fingerprint density at radius 1 is 1.71 bits per heavy atom. The fourth-order valence-corrected chi connectivity index (χ4v) is 0.234. The number of rotatable bonds is 3. The van der Waals surface area contributed by atoms with Crippen LogP contribution in [0.4, 0.5) is 0 Å². The van der Waals surface area contributed by atoms with Gasteiger partial charge in [-0.2, -0.15) is 0 Å². The van der Waals surface area contributed by atoms with Gasteiger partial charge in [0.2, 0.25) is 0 Å². The van der Waals surface area contributed by atoms with Crippen molar-refractivity contribution in [3.63, 3.8) is 0 Å². The second-order valence-corrected chi connectivity index (χ2v) is 1.07. The second-order valence-electron chi connectivity index (χ2n) is 1.07. The van der Waals surface area contributed by atoms with Crippen molar-refractivity contribution in [2.75, 3.05) is 6.54 Å². The monoisotopic (exact) mass is 99.1 g/mol. The zero-order valence-electron chi connectivity index (χ0n) is 4.35. The van der Waals surface area contributed by atoms with Crippen molar-refractivity contribution in [2.24, 2.45) is 0 Å². The van der Waals surface area contributed by atoms with Crippen molar-refractivity contribution in [1.29, 1.82) is 0 Å². The molecule has 0 fully saturated rings. The summed E-state index contributed by atoms with van der Waals surface area (Å²) in [6.07, 6.45) is 4.39. The van der Waals surface area contributed by atoms with Crippen LogP contribution in [-0.2, 0) is 4.79 Å².